The summed E-state index contributed by atoms with van der Waals surface area (Å²) in [5.74, 6) is 0. The van der Waals surface area contributed by atoms with Crippen molar-refractivity contribution in [3.63, 3.8) is 0 Å². The van der Waals surface area contributed by atoms with Gasteiger partial charge in [0.05, 0.1) is 0 Å². The predicted octanol–water partition coefficient (Wildman–Crippen LogP) is 0.672. The first-order valence-electron chi connectivity index (χ1n) is 1.57. The van der Waals surface area contributed by atoms with Crippen LogP contribution in [0.25, 0.3) is 0 Å². The van der Waals surface area contributed by atoms with Gasteiger partial charge in [0.1, 0.15) is 0 Å². The van der Waals surface area contributed by atoms with Crippen molar-refractivity contribution in [3.8, 4) is 0 Å². The van der Waals surface area contributed by atoms with E-state index in [4.69, 9.17) is 82.8 Å². The summed E-state index contributed by atoms with van der Waals surface area (Å²) < 4.78 is 0. The van der Waals surface area contributed by atoms with E-state index in [0.29, 0.717) is 0 Å². The first-order chi connectivity index (χ1) is 7.00. The molecule has 0 aromatic rings. The first-order valence-corrected chi connectivity index (χ1v) is 1.57. The molecule has 0 aliphatic heterocycles. The Labute approximate surface area is 103 Å². The minimum absolute atomic E-state index is 0. The number of hydrogen-bond donors (Lipinski definition) is 0. The van der Waals surface area contributed by atoms with Crippen LogP contribution in [-0.4, -0.2) is 0 Å². The maximum absolute atomic E-state index is 6.25. The summed E-state index contributed by atoms with van der Waals surface area (Å²) >= 11 is 0. The molecule has 0 heterocycles. The molecule has 0 bridgehead atoms. The van der Waals surface area contributed by atoms with Crippen molar-refractivity contribution in [2.75, 3.05) is 0 Å². The second-order valence-electron chi connectivity index (χ2n) is 0. The van der Waals surface area contributed by atoms with E-state index in [1.165, 1.54) is 0 Å². The Bertz CT molecular complexity index is 112. The Balaban J connectivity index is -0.00000000628. The minimum Gasteiger partial charge on any atom is -0.512 e. The summed E-state index contributed by atoms with van der Waals surface area (Å²) in [6.07, 6.45) is 0. The third kappa shape index (κ3) is 107. The molecule has 15 heavy (non-hydrogen) atoms. The molecular formula is C7N7Tc. The van der Waals surface area contributed by atoms with E-state index >= 15 is 0 Å². The standard InChI is InChI=1S/7CN.Tc/c7*1-2;/q7*-1;+7. The van der Waals surface area contributed by atoms with Crippen molar-refractivity contribution >= 4 is 0 Å². The van der Waals surface area contributed by atoms with Crippen LogP contribution in [0.1, 0.15) is 0 Å². The molecule has 0 saturated heterocycles. The fourth-order valence-electron chi connectivity index (χ4n) is 0. The Hall–Kier alpha value is -2.92. The van der Waals surface area contributed by atoms with E-state index in [-0.39, 0.29) is 20.1 Å². The van der Waals surface area contributed by atoms with E-state index < -0.39 is 0 Å². The van der Waals surface area contributed by atoms with Gasteiger partial charge in [0.15, 0.2) is 0 Å². The second-order valence-corrected chi connectivity index (χ2v) is 0. The van der Waals surface area contributed by atoms with Crippen LogP contribution < -0.4 is 0 Å². The zero-order chi connectivity index (χ0) is 14.0. The van der Waals surface area contributed by atoms with Gasteiger partial charge in [0.2, 0.25) is 0 Å². The van der Waals surface area contributed by atoms with Crippen molar-refractivity contribution in [1.82, 2.24) is 0 Å². The van der Waals surface area contributed by atoms with E-state index in [1.807, 2.05) is 0 Å². The quantitative estimate of drug-likeness (QED) is 0.587. The van der Waals surface area contributed by atoms with Gasteiger partial charge in [0, 0.05) is 0 Å². The molecule has 0 unspecified atom stereocenters. The summed E-state index contributed by atoms with van der Waals surface area (Å²) in [4.78, 5) is 0. The van der Waals surface area contributed by atoms with Crippen LogP contribution in [-0.2, 0) is 20.1 Å². The summed E-state index contributed by atoms with van der Waals surface area (Å²) in [6, 6.07) is 0. The Kier molecular flexibility index (Phi) is 784. The van der Waals surface area contributed by atoms with E-state index in [1.54, 1.807) is 0 Å². The molecule has 70 valence electrons. The molecule has 0 rings (SSSR count). The maximum Gasteiger partial charge on any atom is 7.00 e. The molecule has 0 N–H and O–H groups in total. The molecule has 0 aromatic carbocycles. The van der Waals surface area contributed by atoms with Crippen LogP contribution in [0.4, 0.5) is 0 Å². The van der Waals surface area contributed by atoms with Crippen molar-refractivity contribution in [3.05, 3.63) is 46.0 Å². The van der Waals surface area contributed by atoms with E-state index in [2.05, 4.69) is 0 Å². The fourth-order valence-corrected chi connectivity index (χ4v) is 0. The largest absolute Gasteiger partial charge is 7.00 e. The number of nitrogens with zero attached hydrogens (tertiary/aromatic N) is 7. The third-order valence-corrected chi connectivity index (χ3v) is 0. The van der Waals surface area contributed by atoms with Gasteiger partial charge < -0.3 is 82.8 Å². The fraction of sp³-hybridized carbons (Fsp3) is 0. The zero-order valence-corrected chi connectivity index (χ0v) is 8.87. The van der Waals surface area contributed by atoms with Gasteiger partial charge in [-0.3, -0.25) is 0 Å². The molecule has 0 saturated carbocycles. The van der Waals surface area contributed by atoms with Crippen LogP contribution in [0, 0.1) is 82.8 Å². The minimum atomic E-state index is 0. The van der Waals surface area contributed by atoms with Crippen molar-refractivity contribution in [1.29, 1.82) is 36.8 Å². The van der Waals surface area contributed by atoms with Gasteiger partial charge in [-0.1, -0.05) is 0 Å². The predicted molar refractivity (Wildman–Crippen MR) is 34.8 cm³/mol. The SMILES string of the molecule is [C-]#N.[C-]#N.[C-]#N.[C-]#N.[C-]#N.[C-]#N.[C-]#N.[Tc+7]. The van der Waals surface area contributed by atoms with Crippen molar-refractivity contribution < 1.29 is 20.1 Å². The molecule has 0 amide bonds. The molecule has 7 nitrogen and oxygen atoms in total. The zero-order valence-electron chi connectivity index (χ0n) is 7.01. The Morgan fingerprint density at radius 3 is 0.267 bits per heavy atom. The summed E-state index contributed by atoms with van der Waals surface area (Å²) in [5, 5.41) is 43.8. The van der Waals surface area contributed by atoms with Crippen molar-refractivity contribution in [2.24, 2.45) is 0 Å². The van der Waals surface area contributed by atoms with Crippen LogP contribution in [0.5, 0.6) is 0 Å². The second kappa shape index (κ2) is 132. The first kappa shape index (κ1) is 89.1. The smallest absolute Gasteiger partial charge is 0.512 e. The molecule has 0 aromatic heterocycles. The normalized spacial score (nSPS) is 0.933. The third-order valence-electron chi connectivity index (χ3n) is 0. The molecule has 0 spiro atoms. The number of rotatable bonds is 0. The monoisotopic (exact) mass is 279 g/mol. The summed E-state index contributed by atoms with van der Waals surface area (Å²) in [7, 11) is 0. The van der Waals surface area contributed by atoms with Crippen LogP contribution in [0.3, 0.4) is 0 Å². The van der Waals surface area contributed by atoms with Gasteiger partial charge in [-0.05, 0) is 0 Å². The summed E-state index contributed by atoms with van der Waals surface area (Å²) in [6.45, 7) is 33.2. The van der Waals surface area contributed by atoms with Crippen LogP contribution in [0.2, 0.25) is 0 Å². The van der Waals surface area contributed by atoms with Gasteiger partial charge in [0.25, 0.3) is 0 Å². The summed E-state index contributed by atoms with van der Waals surface area (Å²) in [5.41, 5.74) is 0. The van der Waals surface area contributed by atoms with Crippen LogP contribution in [0.15, 0.2) is 0 Å². The molecule has 0 fully saturated rings. The van der Waals surface area contributed by atoms with Gasteiger partial charge >= 0.3 is 20.1 Å². The molecule has 0 aliphatic rings. The van der Waals surface area contributed by atoms with Gasteiger partial charge in [-0.2, -0.15) is 0 Å². The molecule has 0 atom stereocenters. The van der Waals surface area contributed by atoms with Gasteiger partial charge in [-0.25, -0.2) is 0 Å². The topological polar surface area (TPSA) is 167 Å². The van der Waals surface area contributed by atoms with Crippen molar-refractivity contribution in [2.45, 2.75) is 0 Å². The molecule has 8 heteroatoms. The average molecular weight is 280 g/mol. The Morgan fingerprint density at radius 2 is 0.267 bits per heavy atom. The van der Waals surface area contributed by atoms with E-state index in [9.17, 15) is 0 Å². The molecule has 0 aliphatic carbocycles. The Morgan fingerprint density at radius 1 is 0.267 bits per heavy atom. The average Bonchev–Trinajstić information content (AvgIpc) is 2.45. The van der Waals surface area contributed by atoms with Gasteiger partial charge in [-0.15, -0.1) is 0 Å². The van der Waals surface area contributed by atoms with Crippen LogP contribution >= 0.6 is 0 Å². The molecular weight excluding hydrogens is 280 g/mol. The number of hydrogen-bond acceptors (Lipinski definition) is 7. The molecule has 0 radical (unpaired) electrons. The maximum atomic E-state index is 6.25. The van der Waals surface area contributed by atoms with E-state index in [0.717, 1.165) is 0 Å².